The SMILES string of the molecule is Clc1ccc(CCN2CCC3(CC2)Oc2ccccc2Cn2cccc23)cc1. The molecule has 0 radical (unpaired) electrons. The maximum Gasteiger partial charge on any atom is 0.151 e. The van der Waals surface area contributed by atoms with Crippen LogP contribution in [-0.2, 0) is 18.6 Å². The van der Waals surface area contributed by atoms with E-state index in [0.717, 1.165) is 56.2 Å². The van der Waals surface area contributed by atoms with Crippen molar-refractivity contribution in [3.63, 3.8) is 0 Å². The number of ether oxygens (including phenoxy) is 1. The lowest BCUT2D eigenvalue weighted by Crippen LogP contribution is -2.47. The molecule has 3 aromatic rings. The van der Waals surface area contributed by atoms with Gasteiger partial charge in [-0.05, 0) is 42.3 Å². The number of halogens is 1. The van der Waals surface area contributed by atoms with Gasteiger partial charge in [-0.25, -0.2) is 0 Å². The van der Waals surface area contributed by atoms with Gasteiger partial charge >= 0.3 is 0 Å². The first kappa shape index (κ1) is 17.8. The number of nitrogens with zero attached hydrogens (tertiary/aromatic N) is 2. The number of aromatic nitrogens is 1. The summed E-state index contributed by atoms with van der Waals surface area (Å²) in [4.78, 5) is 2.56. The number of hydrogen-bond acceptors (Lipinski definition) is 2. The number of piperidine rings is 1. The minimum absolute atomic E-state index is 0.215. The second-order valence-corrected chi connectivity index (χ2v) is 8.38. The molecule has 2 aliphatic heterocycles. The Kier molecular flexibility index (Phi) is 4.65. The molecule has 28 heavy (non-hydrogen) atoms. The highest BCUT2D eigenvalue weighted by Gasteiger charge is 2.42. The van der Waals surface area contributed by atoms with Gasteiger partial charge in [-0.2, -0.15) is 0 Å². The number of para-hydroxylation sites is 1. The summed E-state index contributed by atoms with van der Waals surface area (Å²) in [7, 11) is 0. The molecular weight excluding hydrogens is 368 g/mol. The van der Waals surface area contributed by atoms with Crippen molar-refractivity contribution < 1.29 is 4.74 Å². The van der Waals surface area contributed by atoms with Crippen LogP contribution >= 0.6 is 11.6 Å². The van der Waals surface area contributed by atoms with Gasteiger partial charge in [0.15, 0.2) is 5.60 Å². The molecule has 0 N–H and O–H groups in total. The van der Waals surface area contributed by atoms with E-state index in [1.165, 1.54) is 16.8 Å². The van der Waals surface area contributed by atoms with Crippen LogP contribution in [0.15, 0.2) is 66.9 Å². The average Bonchev–Trinajstić information content (AvgIpc) is 3.15. The van der Waals surface area contributed by atoms with Crippen LogP contribution in [0.2, 0.25) is 5.02 Å². The molecule has 0 amide bonds. The molecular formula is C24H25ClN2O. The number of benzene rings is 2. The maximum atomic E-state index is 6.73. The van der Waals surface area contributed by atoms with E-state index in [1.54, 1.807) is 0 Å². The van der Waals surface area contributed by atoms with Crippen molar-refractivity contribution in [1.82, 2.24) is 9.47 Å². The summed E-state index contributed by atoms with van der Waals surface area (Å²) in [5.74, 6) is 1.04. The summed E-state index contributed by atoms with van der Waals surface area (Å²) >= 11 is 6.00. The predicted octanol–water partition coefficient (Wildman–Crippen LogP) is 5.12. The van der Waals surface area contributed by atoms with Crippen molar-refractivity contribution in [2.24, 2.45) is 0 Å². The van der Waals surface area contributed by atoms with Crippen molar-refractivity contribution in [2.75, 3.05) is 19.6 Å². The number of hydrogen-bond donors (Lipinski definition) is 0. The van der Waals surface area contributed by atoms with Gasteiger partial charge in [-0.3, -0.25) is 0 Å². The maximum absolute atomic E-state index is 6.73. The Morgan fingerprint density at radius 3 is 2.54 bits per heavy atom. The van der Waals surface area contributed by atoms with Gasteiger partial charge in [0.1, 0.15) is 5.75 Å². The Balaban J connectivity index is 1.31. The van der Waals surface area contributed by atoms with Gasteiger partial charge in [0.25, 0.3) is 0 Å². The highest BCUT2D eigenvalue weighted by Crippen LogP contribution is 2.41. The molecule has 3 heterocycles. The number of fused-ring (bicyclic) bond motifs is 3. The molecule has 1 saturated heterocycles. The third-order valence-corrected chi connectivity index (χ3v) is 6.46. The smallest absolute Gasteiger partial charge is 0.151 e. The van der Waals surface area contributed by atoms with E-state index in [-0.39, 0.29) is 5.60 Å². The van der Waals surface area contributed by atoms with E-state index in [4.69, 9.17) is 16.3 Å². The second kappa shape index (κ2) is 7.31. The molecule has 144 valence electrons. The van der Waals surface area contributed by atoms with Gasteiger partial charge in [0.05, 0.1) is 12.2 Å². The first-order chi connectivity index (χ1) is 13.7. The Labute approximate surface area is 171 Å². The molecule has 2 aromatic carbocycles. The van der Waals surface area contributed by atoms with Crippen LogP contribution in [-0.4, -0.2) is 29.1 Å². The molecule has 1 spiro atoms. The van der Waals surface area contributed by atoms with E-state index in [0.29, 0.717) is 0 Å². The highest BCUT2D eigenvalue weighted by atomic mass is 35.5. The fourth-order valence-electron chi connectivity index (χ4n) is 4.58. The average molecular weight is 393 g/mol. The summed E-state index contributed by atoms with van der Waals surface area (Å²) in [6.07, 6.45) is 5.29. The van der Waals surface area contributed by atoms with E-state index < -0.39 is 0 Å². The van der Waals surface area contributed by atoms with Gasteiger partial charge in [0, 0.05) is 49.3 Å². The Hall–Kier alpha value is -2.23. The Morgan fingerprint density at radius 2 is 1.71 bits per heavy atom. The molecule has 5 rings (SSSR count). The van der Waals surface area contributed by atoms with Gasteiger partial charge in [-0.1, -0.05) is 41.9 Å². The quantitative estimate of drug-likeness (QED) is 0.615. The van der Waals surface area contributed by atoms with Gasteiger partial charge in [-0.15, -0.1) is 0 Å². The van der Waals surface area contributed by atoms with Crippen molar-refractivity contribution >= 4 is 11.6 Å². The fraction of sp³-hybridized carbons (Fsp3) is 0.333. The lowest BCUT2D eigenvalue weighted by molar-refractivity contribution is -0.00568. The minimum Gasteiger partial charge on any atom is -0.481 e. The van der Waals surface area contributed by atoms with E-state index in [9.17, 15) is 0 Å². The van der Waals surface area contributed by atoms with Crippen molar-refractivity contribution in [2.45, 2.75) is 31.4 Å². The summed E-state index contributed by atoms with van der Waals surface area (Å²) in [5.41, 5.74) is 3.72. The summed E-state index contributed by atoms with van der Waals surface area (Å²) in [6.45, 7) is 4.08. The molecule has 2 aliphatic rings. The molecule has 0 saturated carbocycles. The molecule has 3 nitrogen and oxygen atoms in total. The normalized spacial score (nSPS) is 18.2. The zero-order valence-corrected chi connectivity index (χ0v) is 16.7. The summed E-state index contributed by atoms with van der Waals surface area (Å²) in [6, 6.07) is 21.1. The number of rotatable bonds is 3. The predicted molar refractivity (Wildman–Crippen MR) is 113 cm³/mol. The third-order valence-electron chi connectivity index (χ3n) is 6.21. The van der Waals surface area contributed by atoms with Crippen LogP contribution in [0.3, 0.4) is 0 Å². The van der Waals surface area contributed by atoms with E-state index in [2.05, 4.69) is 64.2 Å². The van der Waals surface area contributed by atoms with Crippen LogP contribution in [0, 0.1) is 0 Å². The van der Waals surface area contributed by atoms with Gasteiger partial charge in [0.2, 0.25) is 0 Å². The lowest BCUT2D eigenvalue weighted by Gasteiger charge is -2.41. The van der Waals surface area contributed by atoms with Crippen LogP contribution in [0.5, 0.6) is 5.75 Å². The molecule has 1 fully saturated rings. The fourth-order valence-corrected chi connectivity index (χ4v) is 4.71. The van der Waals surface area contributed by atoms with Crippen molar-refractivity contribution in [1.29, 1.82) is 0 Å². The van der Waals surface area contributed by atoms with Crippen molar-refractivity contribution in [3.8, 4) is 5.75 Å². The Morgan fingerprint density at radius 1 is 0.929 bits per heavy atom. The largest absolute Gasteiger partial charge is 0.481 e. The Bertz CT molecular complexity index is 955. The molecule has 4 heteroatoms. The highest BCUT2D eigenvalue weighted by molar-refractivity contribution is 6.30. The summed E-state index contributed by atoms with van der Waals surface area (Å²) < 4.78 is 9.10. The molecule has 0 aliphatic carbocycles. The van der Waals surface area contributed by atoms with Crippen LogP contribution in [0.4, 0.5) is 0 Å². The zero-order chi connectivity index (χ0) is 19.0. The lowest BCUT2D eigenvalue weighted by atomic mass is 9.87. The monoisotopic (exact) mass is 392 g/mol. The molecule has 0 atom stereocenters. The third kappa shape index (κ3) is 3.34. The van der Waals surface area contributed by atoms with Crippen LogP contribution < -0.4 is 4.74 Å². The van der Waals surface area contributed by atoms with Crippen molar-refractivity contribution in [3.05, 3.63) is 88.7 Å². The van der Waals surface area contributed by atoms with E-state index >= 15 is 0 Å². The van der Waals surface area contributed by atoms with Gasteiger partial charge < -0.3 is 14.2 Å². The molecule has 1 aromatic heterocycles. The topological polar surface area (TPSA) is 17.4 Å². The molecule has 0 bridgehead atoms. The van der Waals surface area contributed by atoms with E-state index in [1.807, 2.05) is 12.1 Å². The first-order valence-electron chi connectivity index (χ1n) is 10.1. The zero-order valence-electron chi connectivity index (χ0n) is 16.0. The first-order valence-corrected chi connectivity index (χ1v) is 10.5. The standard InChI is InChI=1S/C24H25ClN2O/c25-21-9-7-19(8-10-21)11-15-26-16-12-24(13-17-26)23-6-3-14-27(23)18-20-4-1-2-5-22(20)28-24/h1-10,14H,11-13,15-18H2. The summed E-state index contributed by atoms with van der Waals surface area (Å²) in [5, 5.41) is 0.803. The van der Waals surface area contributed by atoms with Crippen LogP contribution in [0.1, 0.15) is 29.7 Å². The number of likely N-dealkylation sites (tertiary alicyclic amines) is 1. The minimum atomic E-state index is -0.215. The second-order valence-electron chi connectivity index (χ2n) is 7.94. The molecule has 0 unspecified atom stereocenters. The van der Waals surface area contributed by atoms with Crippen LogP contribution in [0.25, 0.3) is 0 Å².